The SMILES string of the molecule is CCc1ccc(O)c(C2CC(c3ccc(OC)cc3)=NN2)c1. The maximum Gasteiger partial charge on any atom is 0.120 e. The van der Waals surface area contributed by atoms with Gasteiger partial charge in [0.1, 0.15) is 11.5 Å². The van der Waals surface area contributed by atoms with Gasteiger partial charge in [0.2, 0.25) is 0 Å². The van der Waals surface area contributed by atoms with Gasteiger partial charge in [-0.15, -0.1) is 0 Å². The summed E-state index contributed by atoms with van der Waals surface area (Å²) in [5, 5.41) is 14.5. The molecule has 3 rings (SSSR count). The van der Waals surface area contributed by atoms with Gasteiger partial charge >= 0.3 is 0 Å². The van der Waals surface area contributed by atoms with Gasteiger partial charge in [0.05, 0.1) is 18.9 Å². The minimum absolute atomic E-state index is 0.0172. The molecule has 114 valence electrons. The largest absolute Gasteiger partial charge is 0.508 e. The fraction of sp³-hybridized carbons (Fsp3) is 0.278. The highest BCUT2D eigenvalue weighted by atomic mass is 16.5. The third-order valence-electron chi connectivity index (χ3n) is 4.05. The minimum Gasteiger partial charge on any atom is -0.508 e. The molecule has 2 N–H and O–H groups in total. The summed E-state index contributed by atoms with van der Waals surface area (Å²) in [5.74, 6) is 1.15. The first-order chi connectivity index (χ1) is 10.7. The van der Waals surface area contributed by atoms with Crippen LogP contribution >= 0.6 is 0 Å². The zero-order valence-electron chi connectivity index (χ0n) is 12.8. The number of benzene rings is 2. The van der Waals surface area contributed by atoms with Crippen LogP contribution < -0.4 is 10.2 Å². The van der Waals surface area contributed by atoms with Gasteiger partial charge in [-0.2, -0.15) is 5.10 Å². The maximum absolute atomic E-state index is 10.1. The molecule has 0 amide bonds. The van der Waals surface area contributed by atoms with Gasteiger partial charge in [-0.3, -0.25) is 0 Å². The predicted molar refractivity (Wildman–Crippen MR) is 87.5 cm³/mol. The number of ether oxygens (including phenoxy) is 1. The molecular formula is C18H20N2O2. The number of rotatable bonds is 4. The Morgan fingerprint density at radius 1 is 1.23 bits per heavy atom. The van der Waals surface area contributed by atoms with Crippen molar-refractivity contribution in [1.29, 1.82) is 0 Å². The molecule has 4 heteroatoms. The average Bonchev–Trinajstić information content (AvgIpc) is 3.05. The number of hydrogen-bond acceptors (Lipinski definition) is 4. The fourth-order valence-electron chi connectivity index (χ4n) is 2.69. The average molecular weight is 296 g/mol. The van der Waals surface area contributed by atoms with Crippen molar-refractivity contribution in [3.8, 4) is 11.5 Å². The number of hydrazone groups is 1. The summed E-state index contributed by atoms with van der Waals surface area (Å²) < 4.78 is 5.17. The van der Waals surface area contributed by atoms with Gasteiger partial charge < -0.3 is 15.3 Å². The summed E-state index contributed by atoms with van der Waals surface area (Å²) in [6.45, 7) is 2.11. The first kappa shape index (κ1) is 14.4. The fourth-order valence-corrected chi connectivity index (χ4v) is 2.69. The van der Waals surface area contributed by atoms with E-state index in [0.29, 0.717) is 5.75 Å². The van der Waals surface area contributed by atoms with E-state index >= 15 is 0 Å². The highest BCUT2D eigenvalue weighted by Crippen LogP contribution is 2.31. The second-order valence-corrected chi connectivity index (χ2v) is 5.42. The second kappa shape index (κ2) is 6.10. The van der Waals surface area contributed by atoms with E-state index in [0.717, 1.165) is 35.4 Å². The van der Waals surface area contributed by atoms with Crippen LogP contribution in [0.25, 0.3) is 0 Å². The van der Waals surface area contributed by atoms with Gasteiger partial charge in [0.25, 0.3) is 0 Å². The van der Waals surface area contributed by atoms with Gasteiger partial charge in [0.15, 0.2) is 0 Å². The van der Waals surface area contributed by atoms with Crippen molar-refractivity contribution in [3.05, 3.63) is 59.2 Å². The zero-order chi connectivity index (χ0) is 15.5. The lowest BCUT2D eigenvalue weighted by molar-refractivity contribution is 0.415. The molecule has 0 fully saturated rings. The summed E-state index contributed by atoms with van der Waals surface area (Å²) in [4.78, 5) is 0. The van der Waals surface area contributed by atoms with Crippen LogP contribution in [-0.4, -0.2) is 17.9 Å². The number of aromatic hydroxyl groups is 1. The molecule has 2 aromatic rings. The number of aryl methyl sites for hydroxylation is 1. The molecule has 1 atom stereocenters. The first-order valence-electron chi connectivity index (χ1n) is 7.49. The van der Waals surface area contributed by atoms with Crippen molar-refractivity contribution < 1.29 is 9.84 Å². The Kier molecular flexibility index (Phi) is 4.00. The van der Waals surface area contributed by atoms with Crippen LogP contribution in [0.5, 0.6) is 11.5 Å². The van der Waals surface area contributed by atoms with Gasteiger partial charge in [-0.1, -0.05) is 13.0 Å². The Labute approximate surface area is 130 Å². The number of nitrogens with one attached hydrogen (secondary N) is 1. The molecule has 1 aliphatic rings. The van der Waals surface area contributed by atoms with Crippen LogP contribution in [0.2, 0.25) is 0 Å². The van der Waals surface area contributed by atoms with E-state index in [2.05, 4.69) is 23.5 Å². The summed E-state index contributed by atoms with van der Waals surface area (Å²) in [7, 11) is 1.66. The Hall–Kier alpha value is -2.49. The van der Waals surface area contributed by atoms with E-state index in [4.69, 9.17) is 4.74 Å². The molecule has 1 unspecified atom stereocenters. The standard InChI is InChI=1S/C18H20N2O2/c1-3-12-4-9-18(21)15(10-12)17-11-16(19-20-17)13-5-7-14(22-2)8-6-13/h4-10,17,20-21H,3,11H2,1-2H3. The molecule has 0 radical (unpaired) electrons. The second-order valence-electron chi connectivity index (χ2n) is 5.42. The lowest BCUT2D eigenvalue weighted by Crippen LogP contribution is -2.10. The Morgan fingerprint density at radius 2 is 2.00 bits per heavy atom. The lowest BCUT2D eigenvalue weighted by atomic mass is 9.96. The van der Waals surface area contributed by atoms with Crippen LogP contribution in [0.1, 0.15) is 36.1 Å². The quantitative estimate of drug-likeness (QED) is 0.909. The number of methoxy groups -OCH3 is 1. The smallest absolute Gasteiger partial charge is 0.120 e. The van der Waals surface area contributed by atoms with Crippen LogP contribution in [0, 0.1) is 0 Å². The van der Waals surface area contributed by atoms with E-state index in [1.165, 1.54) is 5.56 Å². The lowest BCUT2D eigenvalue weighted by Gasteiger charge is -2.13. The number of nitrogens with zero attached hydrogens (tertiary/aromatic N) is 1. The van der Waals surface area contributed by atoms with E-state index < -0.39 is 0 Å². The van der Waals surface area contributed by atoms with Crippen molar-refractivity contribution in [2.75, 3.05) is 7.11 Å². The van der Waals surface area contributed by atoms with E-state index in [9.17, 15) is 5.11 Å². The molecule has 0 bridgehead atoms. The predicted octanol–water partition coefficient (Wildman–Crippen LogP) is 3.40. The molecule has 0 aromatic heterocycles. The van der Waals surface area contributed by atoms with Crippen molar-refractivity contribution in [3.63, 3.8) is 0 Å². The van der Waals surface area contributed by atoms with Crippen molar-refractivity contribution >= 4 is 5.71 Å². The van der Waals surface area contributed by atoms with Crippen LogP contribution in [0.4, 0.5) is 0 Å². The highest BCUT2D eigenvalue weighted by Gasteiger charge is 2.23. The summed E-state index contributed by atoms with van der Waals surface area (Å²) in [6.07, 6.45) is 1.71. The minimum atomic E-state index is 0.0172. The summed E-state index contributed by atoms with van der Waals surface area (Å²) in [6, 6.07) is 13.7. The van der Waals surface area contributed by atoms with Gasteiger partial charge in [0, 0.05) is 12.0 Å². The third kappa shape index (κ3) is 2.77. The third-order valence-corrected chi connectivity index (χ3v) is 4.05. The molecule has 1 heterocycles. The number of phenols is 1. The molecule has 2 aromatic carbocycles. The van der Waals surface area contributed by atoms with Gasteiger partial charge in [-0.05, 0) is 53.9 Å². The first-order valence-corrected chi connectivity index (χ1v) is 7.49. The van der Waals surface area contributed by atoms with E-state index in [-0.39, 0.29) is 6.04 Å². The maximum atomic E-state index is 10.1. The molecule has 22 heavy (non-hydrogen) atoms. The molecule has 0 saturated carbocycles. The van der Waals surface area contributed by atoms with E-state index in [1.807, 2.05) is 30.3 Å². The molecule has 4 nitrogen and oxygen atoms in total. The molecule has 0 spiro atoms. The Bertz CT molecular complexity index is 693. The zero-order valence-corrected chi connectivity index (χ0v) is 12.8. The molecule has 1 aliphatic heterocycles. The Morgan fingerprint density at radius 3 is 2.68 bits per heavy atom. The van der Waals surface area contributed by atoms with Crippen molar-refractivity contribution in [2.45, 2.75) is 25.8 Å². The van der Waals surface area contributed by atoms with Gasteiger partial charge in [-0.25, -0.2) is 0 Å². The monoisotopic (exact) mass is 296 g/mol. The number of hydrogen-bond donors (Lipinski definition) is 2. The normalized spacial score (nSPS) is 17.0. The van der Waals surface area contributed by atoms with Crippen molar-refractivity contribution in [2.24, 2.45) is 5.10 Å². The molecule has 0 aliphatic carbocycles. The van der Waals surface area contributed by atoms with Crippen LogP contribution in [-0.2, 0) is 6.42 Å². The Balaban J connectivity index is 1.78. The van der Waals surface area contributed by atoms with Crippen LogP contribution in [0.3, 0.4) is 0 Å². The topological polar surface area (TPSA) is 53.9 Å². The van der Waals surface area contributed by atoms with E-state index in [1.54, 1.807) is 13.2 Å². The van der Waals surface area contributed by atoms with Crippen LogP contribution in [0.15, 0.2) is 47.6 Å². The highest BCUT2D eigenvalue weighted by molar-refractivity contribution is 6.01. The van der Waals surface area contributed by atoms with Crippen molar-refractivity contribution in [1.82, 2.24) is 5.43 Å². The number of phenolic OH excluding ortho intramolecular Hbond substituents is 1. The summed E-state index contributed by atoms with van der Waals surface area (Å²) >= 11 is 0. The molecular weight excluding hydrogens is 276 g/mol. The molecule has 0 saturated heterocycles. The summed E-state index contributed by atoms with van der Waals surface area (Å²) in [5.41, 5.74) is 7.33.